The van der Waals surface area contributed by atoms with Gasteiger partial charge >= 0.3 is 0 Å². The molecule has 3 rings (SSSR count). The van der Waals surface area contributed by atoms with Gasteiger partial charge < -0.3 is 15.4 Å². The van der Waals surface area contributed by atoms with Gasteiger partial charge in [-0.1, -0.05) is 0 Å². The van der Waals surface area contributed by atoms with E-state index < -0.39 is 0 Å². The highest BCUT2D eigenvalue weighted by Crippen LogP contribution is 2.32. The van der Waals surface area contributed by atoms with Crippen LogP contribution in [0.3, 0.4) is 0 Å². The third-order valence-electron chi connectivity index (χ3n) is 4.78. The molecule has 3 heterocycles. The van der Waals surface area contributed by atoms with Gasteiger partial charge in [0, 0.05) is 31.0 Å². The number of nitrogens with one attached hydrogen (secondary N) is 2. The summed E-state index contributed by atoms with van der Waals surface area (Å²) in [5.74, 6) is 0.693. The van der Waals surface area contributed by atoms with Gasteiger partial charge in [-0.15, -0.1) is 36.2 Å². The first-order valence-electron chi connectivity index (χ1n) is 8.14. The van der Waals surface area contributed by atoms with Crippen molar-refractivity contribution in [3.05, 3.63) is 16.1 Å². The molecule has 5 nitrogen and oxygen atoms in total. The number of halogens is 2. The third-order valence-corrected chi connectivity index (χ3v) is 5.84. The fourth-order valence-corrected chi connectivity index (χ4v) is 4.41. The number of amides is 1. The number of rotatable bonds is 6. The van der Waals surface area contributed by atoms with Crippen molar-refractivity contribution >= 4 is 42.1 Å². The molecule has 0 radical (unpaired) electrons. The van der Waals surface area contributed by atoms with Crippen LogP contribution in [0.5, 0.6) is 0 Å². The minimum Gasteiger partial charge on any atom is -0.375 e. The molecule has 1 aromatic rings. The summed E-state index contributed by atoms with van der Waals surface area (Å²) in [6.07, 6.45) is 5.52. The molecule has 138 valence electrons. The number of methoxy groups -OCH3 is 1. The topological polar surface area (TPSA) is 63.2 Å². The summed E-state index contributed by atoms with van der Waals surface area (Å²) in [6, 6.07) is 1.29. The van der Waals surface area contributed by atoms with Gasteiger partial charge in [0.1, 0.15) is 11.1 Å². The predicted octanol–water partition coefficient (Wildman–Crippen LogP) is 3.23. The average molecular weight is 396 g/mol. The normalized spacial score (nSPS) is 26.2. The van der Waals surface area contributed by atoms with E-state index in [1.165, 1.54) is 12.8 Å². The number of hydrogen-bond donors (Lipinski definition) is 2. The van der Waals surface area contributed by atoms with Gasteiger partial charge in [-0.2, -0.15) is 0 Å². The van der Waals surface area contributed by atoms with Crippen molar-refractivity contribution < 1.29 is 9.53 Å². The van der Waals surface area contributed by atoms with Gasteiger partial charge in [0.2, 0.25) is 5.91 Å². The van der Waals surface area contributed by atoms with Crippen molar-refractivity contribution in [2.75, 3.05) is 7.11 Å². The van der Waals surface area contributed by atoms with Crippen LogP contribution in [0.25, 0.3) is 0 Å². The van der Waals surface area contributed by atoms with Crippen LogP contribution in [0, 0.1) is 5.92 Å². The van der Waals surface area contributed by atoms with Crippen LogP contribution in [-0.4, -0.2) is 30.1 Å². The third kappa shape index (κ3) is 5.56. The lowest BCUT2D eigenvalue weighted by Crippen LogP contribution is -2.39. The lowest BCUT2D eigenvalue weighted by atomic mass is 9.89. The fraction of sp³-hybridized carbons (Fsp3) is 0.750. The van der Waals surface area contributed by atoms with Crippen LogP contribution in [0.2, 0.25) is 0 Å². The average Bonchev–Trinajstić information content (AvgIpc) is 3.11. The van der Waals surface area contributed by atoms with Crippen molar-refractivity contribution in [2.45, 2.75) is 63.8 Å². The lowest BCUT2D eigenvalue weighted by Gasteiger charge is -2.28. The van der Waals surface area contributed by atoms with Crippen LogP contribution in [0.1, 0.15) is 55.8 Å². The molecule has 2 bridgehead atoms. The largest absolute Gasteiger partial charge is 0.375 e. The number of piperidine rings is 1. The molecule has 2 fully saturated rings. The number of aromatic nitrogens is 1. The summed E-state index contributed by atoms with van der Waals surface area (Å²) < 4.78 is 5.26. The number of hydrogen-bond acceptors (Lipinski definition) is 5. The molecule has 3 atom stereocenters. The minimum absolute atomic E-state index is 0. The first kappa shape index (κ1) is 21.6. The maximum Gasteiger partial charge on any atom is 0.220 e. The van der Waals surface area contributed by atoms with Crippen molar-refractivity contribution in [1.29, 1.82) is 0 Å². The first-order valence-corrected chi connectivity index (χ1v) is 9.02. The summed E-state index contributed by atoms with van der Waals surface area (Å²) in [5.41, 5.74) is 0.919. The Morgan fingerprint density at radius 2 is 2.08 bits per heavy atom. The Hall–Kier alpha value is -0.400. The molecule has 8 heteroatoms. The van der Waals surface area contributed by atoms with E-state index in [2.05, 4.69) is 15.6 Å². The monoisotopic (exact) mass is 395 g/mol. The molecule has 0 aromatic carbocycles. The van der Waals surface area contributed by atoms with E-state index in [0.29, 0.717) is 31.0 Å². The standard InChI is InChI=1S/C16H25N3O2S.2ClH/c1-10(21-2)16-19-14(9-22-16)8-17-15(20)7-11-5-12-3-4-13(6-11)18-12;;/h9-13,18H,3-8H2,1-2H3,(H,17,20);2*1H. The summed E-state index contributed by atoms with van der Waals surface area (Å²) in [5, 5.41) is 9.58. The second kappa shape index (κ2) is 9.92. The van der Waals surface area contributed by atoms with E-state index in [1.807, 2.05) is 12.3 Å². The van der Waals surface area contributed by atoms with Gasteiger partial charge in [-0.05, 0) is 38.5 Å². The van der Waals surface area contributed by atoms with Gasteiger partial charge in [0.15, 0.2) is 0 Å². The van der Waals surface area contributed by atoms with Crippen molar-refractivity contribution in [3.8, 4) is 0 Å². The van der Waals surface area contributed by atoms with Gasteiger partial charge in [0.05, 0.1) is 12.2 Å². The first-order chi connectivity index (χ1) is 10.6. The molecule has 0 saturated carbocycles. The van der Waals surface area contributed by atoms with E-state index in [9.17, 15) is 4.79 Å². The molecular weight excluding hydrogens is 369 g/mol. The molecule has 1 amide bonds. The molecule has 2 aliphatic rings. The van der Waals surface area contributed by atoms with E-state index in [0.717, 1.165) is 23.5 Å². The zero-order chi connectivity index (χ0) is 15.5. The quantitative estimate of drug-likeness (QED) is 0.775. The number of nitrogens with zero attached hydrogens (tertiary/aromatic N) is 1. The van der Waals surface area contributed by atoms with Crippen LogP contribution in [0.15, 0.2) is 5.38 Å². The Balaban J connectivity index is 0.00000144. The molecule has 2 N–H and O–H groups in total. The summed E-state index contributed by atoms with van der Waals surface area (Å²) in [6.45, 7) is 2.50. The van der Waals surface area contributed by atoms with Gasteiger partial charge in [-0.3, -0.25) is 4.79 Å². The minimum atomic E-state index is 0. The Morgan fingerprint density at radius 3 is 2.71 bits per heavy atom. The number of carbonyl (C=O) groups excluding carboxylic acids is 1. The van der Waals surface area contributed by atoms with E-state index >= 15 is 0 Å². The Morgan fingerprint density at radius 1 is 1.42 bits per heavy atom. The number of carbonyl (C=O) groups is 1. The fourth-order valence-electron chi connectivity index (χ4n) is 3.56. The molecule has 1 aromatic heterocycles. The van der Waals surface area contributed by atoms with E-state index in [-0.39, 0.29) is 36.8 Å². The second-order valence-electron chi connectivity index (χ2n) is 6.51. The maximum absolute atomic E-state index is 12.1. The number of ether oxygens (including phenoxy) is 1. The lowest BCUT2D eigenvalue weighted by molar-refractivity contribution is -0.122. The Bertz CT molecular complexity index is 517. The van der Waals surface area contributed by atoms with Gasteiger partial charge in [-0.25, -0.2) is 4.98 Å². The molecular formula is C16H27Cl2N3O2S. The molecule has 3 unspecified atom stereocenters. The summed E-state index contributed by atoms with van der Waals surface area (Å²) in [7, 11) is 1.68. The molecule has 0 aliphatic carbocycles. The summed E-state index contributed by atoms with van der Waals surface area (Å²) >= 11 is 1.58. The molecule has 2 aliphatic heterocycles. The smallest absolute Gasteiger partial charge is 0.220 e. The predicted molar refractivity (Wildman–Crippen MR) is 101 cm³/mol. The SMILES string of the molecule is COC(C)c1nc(CNC(=O)CC2CC3CCC(C2)N3)cs1.Cl.Cl. The van der Waals surface area contributed by atoms with Crippen LogP contribution in [0.4, 0.5) is 0 Å². The Labute approximate surface area is 160 Å². The van der Waals surface area contributed by atoms with Crippen LogP contribution >= 0.6 is 36.2 Å². The van der Waals surface area contributed by atoms with Crippen molar-refractivity contribution in [1.82, 2.24) is 15.6 Å². The highest BCUT2D eigenvalue weighted by Gasteiger charge is 2.34. The number of thiazole rings is 1. The second-order valence-corrected chi connectivity index (χ2v) is 7.40. The molecule has 0 spiro atoms. The van der Waals surface area contributed by atoms with Crippen LogP contribution < -0.4 is 10.6 Å². The highest BCUT2D eigenvalue weighted by molar-refractivity contribution is 7.09. The van der Waals surface area contributed by atoms with E-state index in [4.69, 9.17) is 4.74 Å². The number of fused-ring (bicyclic) bond motifs is 2. The Kier molecular flexibility index (Phi) is 8.95. The van der Waals surface area contributed by atoms with Crippen molar-refractivity contribution in [3.63, 3.8) is 0 Å². The molecule has 24 heavy (non-hydrogen) atoms. The maximum atomic E-state index is 12.1. The van der Waals surface area contributed by atoms with Crippen LogP contribution in [-0.2, 0) is 16.1 Å². The highest BCUT2D eigenvalue weighted by atomic mass is 35.5. The zero-order valence-corrected chi connectivity index (χ0v) is 16.6. The van der Waals surface area contributed by atoms with Crippen molar-refractivity contribution in [2.24, 2.45) is 5.92 Å². The zero-order valence-electron chi connectivity index (χ0n) is 14.1. The molecule has 2 saturated heterocycles. The van der Waals surface area contributed by atoms with Gasteiger partial charge in [0.25, 0.3) is 0 Å². The summed E-state index contributed by atoms with van der Waals surface area (Å²) in [4.78, 5) is 16.6. The van der Waals surface area contributed by atoms with E-state index in [1.54, 1.807) is 18.4 Å².